The van der Waals surface area contributed by atoms with Crippen LogP contribution in [-0.4, -0.2) is 27.4 Å². The SMILES string of the molecule is CCc1nnc(OC2CCC2)c(C(=O)O)c1CC. The highest BCUT2D eigenvalue weighted by molar-refractivity contribution is 5.92. The standard InChI is InChI=1S/C13H18N2O3/c1-3-9-10(4-2)14-15-12(11(9)13(16)17)18-8-6-5-7-8/h8H,3-7H2,1-2H3,(H,16,17). The monoisotopic (exact) mass is 250 g/mol. The smallest absolute Gasteiger partial charge is 0.341 e. The molecule has 18 heavy (non-hydrogen) atoms. The molecule has 0 radical (unpaired) electrons. The van der Waals surface area contributed by atoms with E-state index < -0.39 is 5.97 Å². The summed E-state index contributed by atoms with van der Waals surface area (Å²) in [6.45, 7) is 3.87. The van der Waals surface area contributed by atoms with Crippen LogP contribution in [0.15, 0.2) is 0 Å². The van der Waals surface area contributed by atoms with Gasteiger partial charge in [-0.15, -0.1) is 5.10 Å². The quantitative estimate of drug-likeness (QED) is 0.867. The molecule has 0 aromatic carbocycles. The van der Waals surface area contributed by atoms with Crippen LogP contribution in [0, 0.1) is 0 Å². The van der Waals surface area contributed by atoms with Crippen LogP contribution in [0.4, 0.5) is 0 Å². The van der Waals surface area contributed by atoms with Crippen LogP contribution in [0.2, 0.25) is 0 Å². The predicted octanol–water partition coefficient (Wildman–Crippen LogP) is 2.23. The van der Waals surface area contributed by atoms with Crippen molar-refractivity contribution in [1.82, 2.24) is 10.2 Å². The predicted molar refractivity (Wildman–Crippen MR) is 66.0 cm³/mol. The number of hydrogen-bond acceptors (Lipinski definition) is 4. The van der Waals surface area contributed by atoms with Gasteiger partial charge >= 0.3 is 5.97 Å². The number of carbonyl (C=O) groups is 1. The molecule has 2 rings (SSSR count). The number of aromatic carboxylic acids is 1. The van der Waals surface area contributed by atoms with Crippen LogP contribution in [0.1, 0.15) is 54.7 Å². The summed E-state index contributed by atoms with van der Waals surface area (Å²) in [5, 5.41) is 17.4. The Morgan fingerprint density at radius 2 is 2.06 bits per heavy atom. The Morgan fingerprint density at radius 3 is 2.50 bits per heavy atom. The van der Waals surface area contributed by atoms with Crippen LogP contribution in [-0.2, 0) is 12.8 Å². The lowest BCUT2D eigenvalue weighted by atomic mass is 9.96. The van der Waals surface area contributed by atoms with Gasteiger partial charge in [0.2, 0.25) is 5.88 Å². The van der Waals surface area contributed by atoms with Crippen LogP contribution in [0.3, 0.4) is 0 Å². The maximum absolute atomic E-state index is 11.4. The number of aromatic nitrogens is 2. The third-order valence-electron chi connectivity index (χ3n) is 3.36. The van der Waals surface area contributed by atoms with Crippen molar-refractivity contribution >= 4 is 5.97 Å². The summed E-state index contributed by atoms with van der Waals surface area (Å²) < 4.78 is 5.63. The van der Waals surface area contributed by atoms with Gasteiger partial charge in [0.05, 0.1) is 5.69 Å². The average Bonchev–Trinajstić information content (AvgIpc) is 2.32. The largest absolute Gasteiger partial charge is 0.477 e. The Balaban J connectivity index is 2.41. The van der Waals surface area contributed by atoms with Gasteiger partial charge in [-0.05, 0) is 37.7 Å². The minimum atomic E-state index is -0.981. The third-order valence-corrected chi connectivity index (χ3v) is 3.36. The van der Waals surface area contributed by atoms with Gasteiger partial charge in [-0.3, -0.25) is 0 Å². The molecule has 1 saturated carbocycles. The van der Waals surface area contributed by atoms with E-state index in [1.165, 1.54) is 0 Å². The molecule has 1 heterocycles. The van der Waals surface area contributed by atoms with Crippen molar-refractivity contribution in [2.75, 3.05) is 0 Å². The first kappa shape index (κ1) is 12.8. The van der Waals surface area contributed by atoms with Crippen molar-refractivity contribution in [2.24, 2.45) is 0 Å². The summed E-state index contributed by atoms with van der Waals surface area (Å²) in [5.41, 5.74) is 1.68. The Kier molecular flexibility index (Phi) is 3.79. The molecule has 0 unspecified atom stereocenters. The maximum atomic E-state index is 11.4. The zero-order valence-corrected chi connectivity index (χ0v) is 10.8. The molecule has 5 heteroatoms. The minimum Gasteiger partial charge on any atom is -0.477 e. The molecule has 1 N–H and O–H groups in total. The van der Waals surface area contributed by atoms with E-state index in [-0.39, 0.29) is 17.5 Å². The molecule has 98 valence electrons. The molecule has 0 amide bonds. The summed E-state index contributed by atoms with van der Waals surface area (Å²) in [6.07, 6.45) is 4.49. The molecule has 1 aromatic heterocycles. The van der Waals surface area contributed by atoms with Gasteiger partial charge in [-0.1, -0.05) is 13.8 Å². The Bertz CT molecular complexity index is 456. The number of nitrogens with zero attached hydrogens (tertiary/aromatic N) is 2. The second-order valence-electron chi connectivity index (χ2n) is 4.49. The molecular weight excluding hydrogens is 232 g/mol. The number of aryl methyl sites for hydroxylation is 1. The molecule has 0 saturated heterocycles. The number of carboxylic acids is 1. The van der Waals surface area contributed by atoms with Crippen molar-refractivity contribution in [1.29, 1.82) is 0 Å². The molecule has 0 bridgehead atoms. The molecular formula is C13H18N2O3. The highest BCUT2D eigenvalue weighted by atomic mass is 16.5. The first-order valence-electron chi connectivity index (χ1n) is 6.45. The second kappa shape index (κ2) is 5.33. The molecule has 0 atom stereocenters. The lowest BCUT2D eigenvalue weighted by molar-refractivity contribution is 0.0672. The highest BCUT2D eigenvalue weighted by Crippen LogP contribution is 2.28. The summed E-state index contributed by atoms with van der Waals surface area (Å²) in [7, 11) is 0. The molecule has 1 aliphatic carbocycles. The van der Waals surface area contributed by atoms with E-state index in [0.717, 1.165) is 30.5 Å². The van der Waals surface area contributed by atoms with Gasteiger partial charge in [-0.2, -0.15) is 5.10 Å². The fourth-order valence-electron chi connectivity index (χ4n) is 2.10. The first-order chi connectivity index (χ1) is 8.67. The number of rotatable bonds is 5. The molecule has 1 fully saturated rings. The lowest BCUT2D eigenvalue weighted by Gasteiger charge is -2.26. The van der Waals surface area contributed by atoms with E-state index in [1.807, 2.05) is 13.8 Å². The van der Waals surface area contributed by atoms with Crippen molar-refractivity contribution in [2.45, 2.75) is 52.1 Å². The molecule has 1 aliphatic rings. The molecule has 1 aromatic rings. The van der Waals surface area contributed by atoms with E-state index in [2.05, 4.69) is 10.2 Å². The van der Waals surface area contributed by atoms with E-state index in [0.29, 0.717) is 12.8 Å². The summed E-state index contributed by atoms with van der Waals surface area (Å²) in [4.78, 5) is 11.4. The van der Waals surface area contributed by atoms with Gasteiger partial charge in [0.15, 0.2) is 0 Å². The molecule has 0 aliphatic heterocycles. The van der Waals surface area contributed by atoms with Crippen LogP contribution in [0.5, 0.6) is 5.88 Å². The zero-order valence-electron chi connectivity index (χ0n) is 10.8. The molecule has 0 spiro atoms. The van der Waals surface area contributed by atoms with Crippen LogP contribution in [0.25, 0.3) is 0 Å². The van der Waals surface area contributed by atoms with Crippen molar-refractivity contribution in [3.8, 4) is 5.88 Å². The van der Waals surface area contributed by atoms with E-state index in [9.17, 15) is 9.90 Å². The zero-order chi connectivity index (χ0) is 13.1. The van der Waals surface area contributed by atoms with Crippen molar-refractivity contribution < 1.29 is 14.6 Å². The van der Waals surface area contributed by atoms with Crippen molar-refractivity contribution in [3.05, 3.63) is 16.8 Å². The summed E-state index contributed by atoms with van der Waals surface area (Å²) >= 11 is 0. The minimum absolute atomic E-state index is 0.106. The summed E-state index contributed by atoms with van der Waals surface area (Å²) in [5.74, 6) is -0.799. The Labute approximate surface area is 106 Å². The Morgan fingerprint density at radius 1 is 1.33 bits per heavy atom. The summed E-state index contributed by atoms with van der Waals surface area (Å²) in [6, 6.07) is 0. The van der Waals surface area contributed by atoms with Gasteiger partial charge in [0.25, 0.3) is 0 Å². The molecule has 5 nitrogen and oxygen atoms in total. The Hall–Kier alpha value is -1.65. The topological polar surface area (TPSA) is 72.3 Å². The lowest BCUT2D eigenvalue weighted by Crippen LogP contribution is -2.27. The van der Waals surface area contributed by atoms with Crippen molar-refractivity contribution in [3.63, 3.8) is 0 Å². The number of hydrogen-bond donors (Lipinski definition) is 1. The number of carboxylic acid groups (broad SMARTS) is 1. The fourth-order valence-corrected chi connectivity index (χ4v) is 2.10. The van der Waals surface area contributed by atoms with E-state index >= 15 is 0 Å². The van der Waals surface area contributed by atoms with Crippen LogP contribution >= 0.6 is 0 Å². The van der Waals surface area contributed by atoms with Gasteiger partial charge in [0, 0.05) is 0 Å². The first-order valence-corrected chi connectivity index (χ1v) is 6.45. The maximum Gasteiger partial charge on any atom is 0.341 e. The average molecular weight is 250 g/mol. The van der Waals surface area contributed by atoms with Gasteiger partial charge < -0.3 is 9.84 Å². The van der Waals surface area contributed by atoms with E-state index in [1.54, 1.807) is 0 Å². The normalized spacial score (nSPS) is 15.2. The second-order valence-corrected chi connectivity index (χ2v) is 4.49. The highest BCUT2D eigenvalue weighted by Gasteiger charge is 2.26. The van der Waals surface area contributed by atoms with Gasteiger partial charge in [-0.25, -0.2) is 4.79 Å². The fraction of sp³-hybridized carbons (Fsp3) is 0.615. The van der Waals surface area contributed by atoms with E-state index in [4.69, 9.17) is 4.74 Å². The third kappa shape index (κ3) is 2.30. The van der Waals surface area contributed by atoms with Crippen LogP contribution < -0.4 is 4.74 Å². The number of ether oxygens (including phenoxy) is 1. The van der Waals surface area contributed by atoms with Gasteiger partial charge in [0.1, 0.15) is 11.7 Å².